The van der Waals surface area contributed by atoms with Gasteiger partial charge in [-0.1, -0.05) is 36.4 Å². The fourth-order valence-electron chi connectivity index (χ4n) is 3.19. The third kappa shape index (κ3) is 3.11. The Labute approximate surface area is 126 Å². The Morgan fingerprint density at radius 1 is 1.00 bits per heavy atom. The molecule has 0 aromatic heterocycles. The molecule has 2 N–H and O–H groups in total. The fraction of sp³-hybridized carbons (Fsp3) is 0.368. The monoisotopic (exact) mass is 281 g/mol. The van der Waals surface area contributed by atoms with E-state index in [1.165, 1.54) is 16.7 Å². The molecule has 0 heterocycles. The zero-order chi connectivity index (χ0) is 14.8. The molecule has 21 heavy (non-hydrogen) atoms. The normalized spacial score (nSPS) is 16.0. The summed E-state index contributed by atoms with van der Waals surface area (Å²) in [4.78, 5) is 0. The molecule has 1 aliphatic carbocycles. The second-order valence-corrected chi connectivity index (χ2v) is 6.20. The minimum absolute atomic E-state index is 0.0631. The molecule has 2 nitrogen and oxygen atoms in total. The molecule has 0 aliphatic heterocycles. The Kier molecular flexibility index (Phi) is 3.98. The highest BCUT2D eigenvalue weighted by Gasteiger charge is 2.27. The molecule has 2 heteroatoms. The maximum atomic E-state index is 6.52. The maximum absolute atomic E-state index is 6.52. The molecule has 0 fully saturated rings. The lowest BCUT2D eigenvalue weighted by atomic mass is 9.91. The van der Waals surface area contributed by atoms with Crippen LogP contribution in [0.3, 0.4) is 0 Å². The lowest BCUT2D eigenvalue weighted by molar-refractivity contribution is 0.242. The summed E-state index contributed by atoms with van der Waals surface area (Å²) in [5, 5.41) is 0. The summed E-state index contributed by atoms with van der Waals surface area (Å²) in [6.45, 7) is 4.08. The van der Waals surface area contributed by atoms with E-state index in [2.05, 4.69) is 36.4 Å². The fourth-order valence-corrected chi connectivity index (χ4v) is 3.19. The lowest BCUT2D eigenvalue weighted by Crippen LogP contribution is -2.22. The van der Waals surface area contributed by atoms with Gasteiger partial charge in [0.1, 0.15) is 5.75 Å². The van der Waals surface area contributed by atoms with Gasteiger partial charge in [0.05, 0.1) is 6.10 Å². The van der Waals surface area contributed by atoms with E-state index in [0.717, 1.165) is 18.6 Å². The Balaban J connectivity index is 1.76. The summed E-state index contributed by atoms with van der Waals surface area (Å²) in [6, 6.07) is 17.0. The van der Waals surface area contributed by atoms with E-state index in [9.17, 15) is 0 Å². The number of benzene rings is 2. The summed E-state index contributed by atoms with van der Waals surface area (Å²) in [6.07, 6.45) is 2.34. The minimum Gasteiger partial charge on any atom is -0.491 e. The molecule has 0 radical (unpaired) electrons. The Bertz CT molecular complexity index is 595. The van der Waals surface area contributed by atoms with Gasteiger partial charge in [-0.2, -0.15) is 0 Å². The molecule has 3 rings (SSSR count). The van der Waals surface area contributed by atoms with Crippen LogP contribution in [0.15, 0.2) is 48.5 Å². The molecule has 0 saturated carbocycles. The van der Waals surface area contributed by atoms with Crippen molar-refractivity contribution in [1.82, 2.24) is 0 Å². The molecule has 1 atom stereocenters. The summed E-state index contributed by atoms with van der Waals surface area (Å²) in [5.74, 6) is 1.39. The third-order valence-electron chi connectivity index (χ3n) is 4.21. The third-order valence-corrected chi connectivity index (χ3v) is 4.21. The first kappa shape index (κ1) is 14.2. The lowest BCUT2D eigenvalue weighted by Gasteiger charge is -2.20. The summed E-state index contributed by atoms with van der Waals surface area (Å²) in [7, 11) is 0. The van der Waals surface area contributed by atoms with E-state index in [4.69, 9.17) is 10.5 Å². The van der Waals surface area contributed by atoms with Crippen molar-refractivity contribution in [1.29, 1.82) is 0 Å². The van der Waals surface area contributed by atoms with Crippen LogP contribution < -0.4 is 10.5 Å². The van der Waals surface area contributed by atoms with Crippen LogP contribution in [0.1, 0.15) is 36.6 Å². The Morgan fingerprint density at radius 3 is 2.29 bits per heavy atom. The molecule has 0 spiro atoms. The molecule has 110 valence electrons. The molecular weight excluding hydrogens is 258 g/mol. The highest BCUT2D eigenvalue weighted by molar-refractivity contribution is 5.36. The van der Waals surface area contributed by atoms with Gasteiger partial charge >= 0.3 is 0 Å². The van der Waals surface area contributed by atoms with Crippen LogP contribution in [0.5, 0.6) is 5.75 Å². The van der Waals surface area contributed by atoms with Gasteiger partial charge < -0.3 is 10.5 Å². The zero-order valence-corrected chi connectivity index (χ0v) is 12.8. The average molecular weight is 281 g/mol. The van der Waals surface area contributed by atoms with Gasteiger partial charge in [-0.3, -0.25) is 0 Å². The summed E-state index contributed by atoms with van der Waals surface area (Å²) in [5.41, 5.74) is 10.6. The van der Waals surface area contributed by atoms with Crippen LogP contribution in [0.25, 0.3) is 0 Å². The van der Waals surface area contributed by atoms with Crippen molar-refractivity contribution >= 4 is 0 Å². The number of hydrogen-bond donors (Lipinski definition) is 1. The van der Waals surface area contributed by atoms with E-state index in [0.29, 0.717) is 5.92 Å². The van der Waals surface area contributed by atoms with Gasteiger partial charge in [0.15, 0.2) is 0 Å². The van der Waals surface area contributed by atoms with Crippen molar-refractivity contribution in [2.75, 3.05) is 0 Å². The topological polar surface area (TPSA) is 35.2 Å². The van der Waals surface area contributed by atoms with Gasteiger partial charge in [0.2, 0.25) is 0 Å². The first-order chi connectivity index (χ1) is 10.1. The van der Waals surface area contributed by atoms with Gasteiger partial charge in [0, 0.05) is 6.04 Å². The highest BCUT2D eigenvalue weighted by atomic mass is 16.5. The molecule has 1 aliphatic rings. The van der Waals surface area contributed by atoms with Crippen LogP contribution >= 0.6 is 0 Å². The van der Waals surface area contributed by atoms with Crippen molar-refractivity contribution in [3.05, 3.63) is 65.2 Å². The summed E-state index contributed by atoms with van der Waals surface area (Å²) >= 11 is 0. The quantitative estimate of drug-likeness (QED) is 0.922. The second-order valence-electron chi connectivity index (χ2n) is 6.20. The number of rotatable bonds is 4. The second kappa shape index (κ2) is 5.90. The standard InChI is InChI=1S/C19H23NO/c1-13(2)21-18-9-5-8-16(12-18)19(20)17-10-14-6-3-4-7-15(14)11-17/h3-9,12-13,17,19H,10-11,20H2,1-2H3. The van der Waals surface area contributed by atoms with Gasteiger partial charge in [-0.15, -0.1) is 0 Å². The Morgan fingerprint density at radius 2 is 1.67 bits per heavy atom. The smallest absolute Gasteiger partial charge is 0.120 e. The van der Waals surface area contributed by atoms with Crippen LogP contribution in [-0.2, 0) is 12.8 Å². The van der Waals surface area contributed by atoms with Crippen molar-refractivity contribution in [2.45, 2.75) is 38.8 Å². The van der Waals surface area contributed by atoms with Crippen molar-refractivity contribution in [3.63, 3.8) is 0 Å². The largest absolute Gasteiger partial charge is 0.491 e. The zero-order valence-electron chi connectivity index (χ0n) is 12.8. The molecule has 0 saturated heterocycles. The minimum atomic E-state index is 0.0631. The Hall–Kier alpha value is -1.80. The van der Waals surface area contributed by atoms with Crippen molar-refractivity contribution in [2.24, 2.45) is 11.7 Å². The molecule has 2 aromatic carbocycles. The first-order valence-corrected chi connectivity index (χ1v) is 7.72. The van der Waals surface area contributed by atoms with Crippen molar-refractivity contribution < 1.29 is 4.74 Å². The maximum Gasteiger partial charge on any atom is 0.120 e. The van der Waals surface area contributed by atoms with E-state index in [1.54, 1.807) is 0 Å². The molecule has 0 bridgehead atoms. The average Bonchev–Trinajstić information content (AvgIpc) is 2.90. The molecule has 1 unspecified atom stereocenters. The van der Waals surface area contributed by atoms with Crippen LogP contribution in [-0.4, -0.2) is 6.10 Å². The molecule has 0 amide bonds. The van der Waals surface area contributed by atoms with Crippen LogP contribution in [0, 0.1) is 5.92 Å². The van der Waals surface area contributed by atoms with Gasteiger partial charge in [0.25, 0.3) is 0 Å². The van der Waals surface area contributed by atoms with Crippen LogP contribution in [0.2, 0.25) is 0 Å². The number of fused-ring (bicyclic) bond motifs is 1. The number of nitrogens with two attached hydrogens (primary N) is 1. The molecule has 2 aromatic rings. The molecular formula is C19H23NO. The SMILES string of the molecule is CC(C)Oc1cccc(C(N)C2Cc3ccccc3C2)c1. The van der Waals surface area contributed by atoms with Crippen LogP contribution in [0.4, 0.5) is 0 Å². The predicted molar refractivity (Wildman–Crippen MR) is 86.5 cm³/mol. The number of hydrogen-bond acceptors (Lipinski definition) is 2. The van der Waals surface area contributed by atoms with E-state index in [-0.39, 0.29) is 12.1 Å². The van der Waals surface area contributed by atoms with E-state index >= 15 is 0 Å². The van der Waals surface area contributed by atoms with Gasteiger partial charge in [-0.25, -0.2) is 0 Å². The van der Waals surface area contributed by atoms with E-state index < -0.39 is 0 Å². The summed E-state index contributed by atoms with van der Waals surface area (Å²) < 4.78 is 5.77. The predicted octanol–water partition coefficient (Wildman–Crippen LogP) is 3.89. The van der Waals surface area contributed by atoms with Gasteiger partial charge in [-0.05, 0) is 61.4 Å². The first-order valence-electron chi connectivity index (χ1n) is 7.72. The number of ether oxygens (including phenoxy) is 1. The van der Waals surface area contributed by atoms with Crippen molar-refractivity contribution in [3.8, 4) is 5.75 Å². The van der Waals surface area contributed by atoms with E-state index in [1.807, 2.05) is 26.0 Å². The highest BCUT2D eigenvalue weighted by Crippen LogP contribution is 2.34.